The summed E-state index contributed by atoms with van der Waals surface area (Å²) in [7, 11) is 0. The van der Waals surface area contributed by atoms with Gasteiger partial charge in [0.15, 0.2) is 0 Å². The molecule has 82 valence electrons. The van der Waals surface area contributed by atoms with E-state index in [2.05, 4.69) is 38.0 Å². The minimum absolute atomic E-state index is 0.259. The molecule has 1 fully saturated rings. The Labute approximate surface area is 86.1 Å². The Bertz CT molecular complexity index is 223. The Kier molecular flexibility index (Phi) is 2.76. The van der Waals surface area contributed by atoms with Crippen LogP contribution in [-0.2, 0) is 0 Å². The van der Waals surface area contributed by atoms with Crippen LogP contribution in [-0.4, -0.2) is 23.1 Å². The summed E-state index contributed by atoms with van der Waals surface area (Å²) >= 11 is 0. The van der Waals surface area contributed by atoms with Crippen molar-refractivity contribution in [3.63, 3.8) is 0 Å². The van der Waals surface area contributed by atoms with Gasteiger partial charge >= 0.3 is 5.96 Å². The van der Waals surface area contributed by atoms with Gasteiger partial charge in [-0.15, -0.1) is 0 Å². The molecule has 0 aromatic rings. The molecular formula is C10H24N4+2. The Morgan fingerprint density at radius 1 is 1.14 bits per heavy atom. The molecule has 0 aliphatic carbocycles. The lowest BCUT2D eigenvalue weighted by atomic mass is 9.80. The molecule has 1 aliphatic rings. The molecule has 4 nitrogen and oxygen atoms in total. The second-order valence-electron chi connectivity index (χ2n) is 5.83. The second kappa shape index (κ2) is 3.42. The van der Waals surface area contributed by atoms with Crippen molar-refractivity contribution >= 4 is 5.96 Å². The van der Waals surface area contributed by atoms with Crippen LogP contribution in [0.5, 0.6) is 0 Å². The molecule has 0 saturated carbocycles. The van der Waals surface area contributed by atoms with Crippen LogP contribution in [0, 0.1) is 0 Å². The minimum Gasteiger partial charge on any atom is -0.337 e. The van der Waals surface area contributed by atoms with Crippen molar-refractivity contribution in [3.05, 3.63) is 0 Å². The molecule has 0 aromatic carbocycles. The van der Waals surface area contributed by atoms with Crippen molar-refractivity contribution in [1.29, 1.82) is 0 Å². The molecular weight excluding hydrogens is 176 g/mol. The molecule has 4 heteroatoms. The van der Waals surface area contributed by atoms with Crippen molar-refractivity contribution < 1.29 is 10.3 Å². The summed E-state index contributed by atoms with van der Waals surface area (Å²) in [6, 6.07) is 0.398. The average molecular weight is 200 g/mol. The van der Waals surface area contributed by atoms with Gasteiger partial charge in [0.05, 0.1) is 17.1 Å². The smallest absolute Gasteiger partial charge is 0.337 e. The SMILES string of the molecule is CC1(C)CC([NH+]=C(N)N)CC(C)(C)[NH2+]1. The first-order chi connectivity index (χ1) is 6.20. The molecule has 0 aromatic heterocycles. The topological polar surface area (TPSA) is 82.6 Å². The van der Waals surface area contributed by atoms with Crippen molar-refractivity contribution in [3.8, 4) is 0 Å². The van der Waals surface area contributed by atoms with E-state index >= 15 is 0 Å². The summed E-state index contributed by atoms with van der Waals surface area (Å²) in [5.74, 6) is 0.337. The van der Waals surface area contributed by atoms with Crippen LogP contribution in [0.15, 0.2) is 0 Å². The first kappa shape index (κ1) is 11.3. The molecule has 0 atom stereocenters. The molecule has 1 heterocycles. The van der Waals surface area contributed by atoms with Gasteiger partial charge in [0.2, 0.25) is 0 Å². The van der Waals surface area contributed by atoms with Gasteiger partial charge < -0.3 is 5.32 Å². The molecule has 0 unspecified atom stereocenters. The Morgan fingerprint density at radius 2 is 1.57 bits per heavy atom. The van der Waals surface area contributed by atoms with E-state index in [9.17, 15) is 0 Å². The van der Waals surface area contributed by atoms with Crippen LogP contribution in [0.1, 0.15) is 40.5 Å². The van der Waals surface area contributed by atoms with E-state index in [1.807, 2.05) is 0 Å². The van der Waals surface area contributed by atoms with Crippen LogP contribution >= 0.6 is 0 Å². The van der Waals surface area contributed by atoms with Crippen LogP contribution in [0.25, 0.3) is 0 Å². The predicted octanol–water partition coefficient (Wildman–Crippen LogP) is -2.38. The summed E-state index contributed by atoms with van der Waals surface area (Å²) in [4.78, 5) is 3.15. The second-order valence-corrected chi connectivity index (χ2v) is 5.83. The monoisotopic (exact) mass is 200 g/mol. The first-order valence-electron chi connectivity index (χ1n) is 5.22. The van der Waals surface area contributed by atoms with E-state index < -0.39 is 0 Å². The van der Waals surface area contributed by atoms with Gasteiger partial charge in [0.25, 0.3) is 0 Å². The highest BCUT2D eigenvalue weighted by Gasteiger charge is 2.42. The molecule has 1 rings (SSSR count). The highest BCUT2D eigenvalue weighted by Crippen LogP contribution is 2.18. The number of nitrogens with two attached hydrogens (primary N) is 3. The highest BCUT2D eigenvalue weighted by atomic mass is 15.1. The molecule has 1 saturated heterocycles. The van der Waals surface area contributed by atoms with E-state index in [1.54, 1.807) is 0 Å². The zero-order valence-electron chi connectivity index (χ0n) is 9.72. The van der Waals surface area contributed by atoms with Gasteiger partial charge in [-0.25, -0.2) is 0 Å². The number of quaternary nitrogens is 1. The first-order valence-corrected chi connectivity index (χ1v) is 5.22. The summed E-state index contributed by atoms with van der Waals surface area (Å²) < 4.78 is 0. The van der Waals surface area contributed by atoms with Crippen LogP contribution in [0.4, 0.5) is 0 Å². The number of rotatable bonds is 1. The van der Waals surface area contributed by atoms with Gasteiger partial charge in [-0.3, -0.25) is 16.5 Å². The molecule has 0 spiro atoms. The fourth-order valence-electron chi connectivity index (χ4n) is 2.86. The van der Waals surface area contributed by atoms with E-state index in [4.69, 9.17) is 11.5 Å². The molecule has 0 radical (unpaired) electrons. The lowest BCUT2D eigenvalue weighted by Gasteiger charge is -2.41. The van der Waals surface area contributed by atoms with Crippen molar-refractivity contribution in [2.75, 3.05) is 0 Å². The van der Waals surface area contributed by atoms with E-state index in [0.717, 1.165) is 12.8 Å². The number of hydrogen-bond donors (Lipinski definition) is 4. The molecule has 0 bridgehead atoms. The zero-order valence-corrected chi connectivity index (χ0v) is 9.72. The maximum atomic E-state index is 5.47. The van der Waals surface area contributed by atoms with Gasteiger partial charge in [0, 0.05) is 12.8 Å². The fraction of sp³-hybridized carbons (Fsp3) is 0.900. The summed E-state index contributed by atoms with van der Waals surface area (Å²) in [6.07, 6.45) is 2.18. The minimum atomic E-state index is 0.259. The number of guanidine groups is 1. The summed E-state index contributed by atoms with van der Waals surface area (Å²) in [6.45, 7) is 9.04. The third kappa shape index (κ3) is 3.18. The largest absolute Gasteiger partial charge is 0.338 e. The quantitative estimate of drug-likeness (QED) is 0.282. The molecule has 7 N–H and O–H groups in total. The Morgan fingerprint density at radius 3 is 1.93 bits per heavy atom. The Hall–Kier alpha value is -0.770. The van der Waals surface area contributed by atoms with E-state index in [0.29, 0.717) is 12.0 Å². The Balaban J connectivity index is 2.77. The van der Waals surface area contributed by atoms with Crippen LogP contribution in [0.3, 0.4) is 0 Å². The van der Waals surface area contributed by atoms with Crippen LogP contribution < -0.4 is 21.8 Å². The maximum absolute atomic E-state index is 5.47. The molecule has 14 heavy (non-hydrogen) atoms. The van der Waals surface area contributed by atoms with Gasteiger partial charge in [-0.05, 0) is 27.7 Å². The third-order valence-corrected chi connectivity index (χ3v) is 2.70. The van der Waals surface area contributed by atoms with Gasteiger partial charge in [-0.2, -0.15) is 0 Å². The third-order valence-electron chi connectivity index (χ3n) is 2.70. The van der Waals surface area contributed by atoms with Gasteiger partial charge in [0.1, 0.15) is 0 Å². The predicted molar refractivity (Wildman–Crippen MR) is 57.4 cm³/mol. The van der Waals surface area contributed by atoms with Crippen molar-refractivity contribution in [1.82, 2.24) is 0 Å². The van der Waals surface area contributed by atoms with E-state index in [-0.39, 0.29) is 11.1 Å². The summed E-state index contributed by atoms with van der Waals surface area (Å²) in [5.41, 5.74) is 11.5. The maximum Gasteiger partial charge on any atom is 0.338 e. The lowest BCUT2D eigenvalue weighted by Crippen LogP contribution is -3.08. The summed E-state index contributed by atoms with van der Waals surface area (Å²) in [5, 5.41) is 2.44. The molecule has 0 amide bonds. The van der Waals surface area contributed by atoms with Gasteiger partial charge in [-0.1, -0.05) is 0 Å². The standard InChI is InChI=1S/C10H22N4/c1-9(2)5-7(13-8(11)12)6-10(3,4)14-9/h7,14H,5-6H2,1-4H3,(H4,11,12,13)/p+2. The lowest BCUT2D eigenvalue weighted by molar-refractivity contribution is -0.798. The van der Waals surface area contributed by atoms with E-state index in [1.165, 1.54) is 0 Å². The normalized spacial score (nSPS) is 25.7. The number of piperidine rings is 1. The zero-order chi connectivity index (χ0) is 11.0. The van der Waals surface area contributed by atoms with Crippen LogP contribution in [0.2, 0.25) is 0 Å². The molecule has 1 aliphatic heterocycles. The number of hydrogen-bond acceptors (Lipinski definition) is 0. The fourth-order valence-corrected chi connectivity index (χ4v) is 2.86. The highest BCUT2D eigenvalue weighted by molar-refractivity contribution is 5.69. The number of nitrogens with one attached hydrogen (secondary N) is 1. The van der Waals surface area contributed by atoms with Crippen molar-refractivity contribution in [2.45, 2.75) is 57.7 Å². The van der Waals surface area contributed by atoms with Crippen molar-refractivity contribution in [2.24, 2.45) is 11.5 Å². The average Bonchev–Trinajstić information content (AvgIpc) is 1.74.